The number of nitrogens with one attached hydrogen (secondary N) is 5. The molecule has 4 aliphatic rings. The Labute approximate surface area is 596 Å². The molecule has 15 atom stereocenters. The molecule has 0 aromatic rings. The number of carbonyl (C=O) groups excluding carboxylic acids is 7. The Morgan fingerprint density at radius 1 is 0.454 bits per heavy atom. The second kappa shape index (κ2) is 45.9. The van der Waals surface area contributed by atoms with Gasteiger partial charge in [-0.25, -0.2) is 0 Å². The molecule has 4 fully saturated rings. The Kier molecular flexibility index (Phi) is 45.4. The fourth-order valence-corrected chi connectivity index (χ4v) is 16.0. The first kappa shape index (κ1) is 96.1. The van der Waals surface area contributed by atoms with Gasteiger partial charge in [0, 0.05) is 79.0 Å². The Morgan fingerprint density at radius 3 is 1.32 bits per heavy atom. The van der Waals surface area contributed by atoms with Crippen LogP contribution < -0.4 is 26.6 Å². The maximum atomic E-state index is 12.8. The second-order valence-corrected chi connectivity index (χ2v) is 33.1. The summed E-state index contributed by atoms with van der Waals surface area (Å²) < 4.78 is 26.5. The summed E-state index contributed by atoms with van der Waals surface area (Å²) in [6, 6.07) is -1.12. The van der Waals surface area contributed by atoms with Gasteiger partial charge >= 0.3 is 0 Å². The molecule has 0 aromatic heterocycles. The number of Topliss-reactive ketones (excluding diaryl/α,β-unsaturated/α-hetero) is 5. The van der Waals surface area contributed by atoms with Gasteiger partial charge in [0.25, 0.3) is 0 Å². The van der Waals surface area contributed by atoms with Crippen molar-refractivity contribution in [3.63, 3.8) is 0 Å². The first-order valence-electron chi connectivity index (χ1n) is 37.7. The standard InChI is InChI=1S/C34H62O4.C30H53N3O6.C14H30N2O.3CH4/c1-20(2)35-19-24(9)27-12-13-28-32-29(18-31(34(27,28)11)38-23(7)8)33(10)15-14-26(36-21(3)4)16-25(33)17-30(32)37-22(5)6;1-17(2)25(34)14-11-23(29(38)19(5)6)32-27(36)16-13-24(30(39)20(7)8)33-26(35)15-12-22(31-21(9)10)28(37)18(3)4;1-10(2)14(17)13(16-12(5)6)8-7-9-15-11(3)4;;;/h20-32H,12-19H2,1-11H3;17-24,31H,11-16H2,1-10H3,(H,32,36)(H,33,35);10-13,15-16H,7-9H2,1-6H3;3*1H4/t24-,25?,26?,27?,28?,29?,30?,31?,32?,33?,34?;;;;;/m1...../s1. The molecule has 2 amide bonds. The van der Waals surface area contributed by atoms with E-state index in [9.17, 15) is 33.6 Å². The molecule has 16 nitrogen and oxygen atoms in total. The lowest BCUT2D eigenvalue weighted by molar-refractivity contribution is -0.238. The van der Waals surface area contributed by atoms with E-state index in [-0.39, 0.29) is 149 Å². The van der Waals surface area contributed by atoms with Crippen molar-refractivity contribution < 1.29 is 52.5 Å². The van der Waals surface area contributed by atoms with Crippen LogP contribution in [0, 0.1) is 75.9 Å². The van der Waals surface area contributed by atoms with E-state index in [1.54, 1.807) is 41.5 Å². The zero-order chi connectivity index (χ0) is 71.9. The zero-order valence-electron chi connectivity index (χ0n) is 64.9. The molecule has 0 saturated heterocycles. The van der Waals surface area contributed by atoms with Gasteiger partial charge in [-0.1, -0.05) is 154 Å². The van der Waals surface area contributed by atoms with Crippen LogP contribution in [0.2, 0.25) is 0 Å². The number of hydrogen-bond acceptors (Lipinski definition) is 14. The number of ether oxygens (including phenoxy) is 4. The van der Waals surface area contributed by atoms with Crippen molar-refractivity contribution in [1.82, 2.24) is 26.6 Å². The molecule has 0 heterocycles. The highest BCUT2D eigenvalue weighted by Crippen LogP contribution is 2.69. The van der Waals surface area contributed by atoms with Gasteiger partial charge in [-0.15, -0.1) is 0 Å². The molecule has 4 rings (SSSR count). The van der Waals surface area contributed by atoms with Crippen LogP contribution in [0.15, 0.2) is 0 Å². The molecule has 0 spiro atoms. The Bertz CT molecular complexity index is 2280. The Hall–Kier alpha value is -2.99. The van der Waals surface area contributed by atoms with Crippen LogP contribution >= 0.6 is 0 Å². The van der Waals surface area contributed by atoms with Crippen molar-refractivity contribution in [2.75, 3.05) is 13.2 Å². The third-order valence-corrected chi connectivity index (χ3v) is 20.7. The van der Waals surface area contributed by atoms with Crippen molar-refractivity contribution in [1.29, 1.82) is 0 Å². The molecule has 5 N–H and O–H groups in total. The first-order chi connectivity index (χ1) is 43.6. The van der Waals surface area contributed by atoms with E-state index in [2.05, 4.69) is 130 Å². The average Bonchev–Trinajstić information content (AvgIpc) is 1.68. The van der Waals surface area contributed by atoms with E-state index < -0.39 is 24.0 Å². The fourth-order valence-electron chi connectivity index (χ4n) is 16.0. The number of amides is 2. The second-order valence-electron chi connectivity index (χ2n) is 33.1. The van der Waals surface area contributed by atoms with E-state index in [1.807, 2.05) is 41.5 Å². The molecular weight excluding hydrogens is 1220 g/mol. The van der Waals surface area contributed by atoms with Crippen LogP contribution in [0.3, 0.4) is 0 Å². The number of carbonyl (C=O) groups is 7. The summed E-state index contributed by atoms with van der Waals surface area (Å²) in [5.74, 6) is 2.20. The maximum absolute atomic E-state index is 12.8. The minimum atomic E-state index is -0.859. The van der Waals surface area contributed by atoms with Gasteiger partial charge in [-0.3, -0.25) is 33.6 Å². The van der Waals surface area contributed by atoms with Gasteiger partial charge in [0.05, 0.1) is 66.9 Å². The highest BCUT2D eigenvalue weighted by molar-refractivity contribution is 5.93. The molecule has 16 heteroatoms. The van der Waals surface area contributed by atoms with Crippen LogP contribution in [0.25, 0.3) is 0 Å². The summed E-state index contributed by atoms with van der Waals surface area (Å²) in [6.07, 6.45) is 13.6. The smallest absolute Gasteiger partial charge is 0.220 e. The van der Waals surface area contributed by atoms with Gasteiger partial charge in [0.1, 0.15) is 5.78 Å². The molecule has 0 aliphatic heterocycles. The van der Waals surface area contributed by atoms with Gasteiger partial charge in [0.15, 0.2) is 23.1 Å². The summed E-state index contributed by atoms with van der Waals surface area (Å²) >= 11 is 0. The minimum Gasteiger partial charge on any atom is -0.379 e. The summed E-state index contributed by atoms with van der Waals surface area (Å²) in [5.41, 5.74) is 0.521. The average molecular weight is 1380 g/mol. The third-order valence-electron chi connectivity index (χ3n) is 20.7. The number of rotatable bonds is 39. The minimum absolute atomic E-state index is 0. The molecule has 97 heavy (non-hydrogen) atoms. The van der Waals surface area contributed by atoms with Crippen LogP contribution in [0.5, 0.6) is 0 Å². The summed E-state index contributed by atoms with van der Waals surface area (Å²) in [7, 11) is 0. The molecule has 0 aromatic carbocycles. The molecule has 4 aliphatic carbocycles. The van der Waals surface area contributed by atoms with E-state index in [0.29, 0.717) is 89.6 Å². The van der Waals surface area contributed by atoms with E-state index in [1.165, 1.54) is 44.9 Å². The van der Waals surface area contributed by atoms with E-state index in [4.69, 9.17) is 18.9 Å². The lowest BCUT2D eigenvalue weighted by atomic mass is 9.43. The lowest BCUT2D eigenvalue weighted by Crippen LogP contribution is -2.63. The molecule has 14 unspecified atom stereocenters. The fraction of sp³-hybridized carbons (Fsp3) is 0.914. The van der Waals surface area contributed by atoms with Gasteiger partial charge < -0.3 is 45.5 Å². The maximum Gasteiger partial charge on any atom is 0.220 e. The van der Waals surface area contributed by atoms with Gasteiger partial charge in [-0.05, 0) is 180 Å². The normalized spacial score (nSPS) is 25.3. The molecular formula is C81H157N5O11. The highest BCUT2D eigenvalue weighted by atomic mass is 16.5. The molecule has 0 radical (unpaired) electrons. The van der Waals surface area contributed by atoms with Crippen molar-refractivity contribution >= 4 is 40.7 Å². The number of ketones is 5. The molecule has 4 saturated carbocycles. The SMILES string of the molecule is C.C.C.CC(C)NC(CCC(=O)NC(CCC(=O)NC(CCC(=O)C(C)C)C(=O)C(C)C)C(=O)C(C)C)C(=O)C(C)C.CC(C)NCCCC(NC(C)C)C(=O)C(C)C.CC(C)OC[C@@H](C)C1CCC2C3C(OC(C)C)CC4CC(OC(C)C)CCC4(C)C3CC(OC(C)C)C21C. The topological polar surface area (TPSA) is 217 Å². The van der Waals surface area contributed by atoms with Gasteiger partial charge in [-0.2, -0.15) is 0 Å². The van der Waals surface area contributed by atoms with Crippen LogP contribution in [-0.2, 0) is 52.5 Å². The summed E-state index contributed by atoms with van der Waals surface area (Å²) in [4.78, 5) is 87.7. The molecule has 0 bridgehead atoms. The summed E-state index contributed by atoms with van der Waals surface area (Å²) in [5, 5.41) is 15.5. The highest BCUT2D eigenvalue weighted by Gasteiger charge is 2.67. The van der Waals surface area contributed by atoms with Crippen molar-refractivity contribution in [2.45, 2.75) is 391 Å². The van der Waals surface area contributed by atoms with Crippen molar-refractivity contribution in [3.8, 4) is 0 Å². The Balaban J connectivity index is 0. The predicted molar refractivity (Wildman–Crippen MR) is 404 cm³/mol. The first-order valence-corrected chi connectivity index (χ1v) is 37.7. The van der Waals surface area contributed by atoms with Crippen LogP contribution in [0.4, 0.5) is 0 Å². The van der Waals surface area contributed by atoms with Gasteiger partial charge in [0.2, 0.25) is 11.8 Å². The summed E-state index contributed by atoms with van der Waals surface area (Å²) in [6.45, 7) is 57.7. The third kappa shape index (κ3) is 31.3. The monoisotopic (exact) mass is 1380 g/mol. The number of hydrogen-bond donors (Lipinski definition) is 5. The van der Waals surface area contributed by atoms with E-state index in [0.717, 1.165) is 26.0 Å². The van der Waals surface area contributed by atoms with E-state index >= 15 is 0 Å². The largest absolute Gasteiger partial charge is 0.379 e. The van der Waals surface area contributed by atoms with Crippen LogP contribution in [-0.4, -0.2) is 139 Å². The quantitative estimate of drug-likeness (QED) is 0.0362. The van der Waals surface area contributed by atoms with Crippen molar-refractivity contribution in [2.24, 2.45) is 75.9 Å². The predicted octanol–water partition coefficient (Wildman–Crippen LogP) is 16.1. The Morgan fingerprint density at radius 2 is 0.897 bits per heavy atom. The molecule has 572 valence electrons. The number of fused-ring (bicyclic) bond motifs is 5. The van der Waals surface area contributed by atoms with Crippen molar-refractivity contribution in [3.05, 3.63) is 0 Å². The lowest BCUT2D eigenvalue weighted by Gasteiger charge is -2.65. The zero-order valence-corrected chi connectivity index (χ0v) is 64.9. The van der Waals surface area contributed by atoms with Crippen LogP contribution in [0.1, 0.15) is 306 Å².